The molecule has 2 aromatic carbocycles. The number of nitrogens with one attached hydrogen (secondary N) is 1. The molecule has 1 unspecified atom stereocenters. The minimum absolute atomic E-state index is 0.202. The Morgan fingerprint density at radius 2 is 1.67 bits per heavy atom. The highest BCUT2D eigenvalue weighted by molar-refractivity contribution is 6.30. The molecule has 134 valence electrons. The van der Waals surface area contributed by atoms with Crippen LogP contribution in [0.4, 0.5) is 4.39 Å². The molecule has 0 saturated carbocycles. The predicted octanol–water partition coefficient (Wildman–Crippen LogP) is 4.62. The van der Waals surface area contributed by atoms with E-state index in [4.69, 9.17) is 11.6 Å². The van der Waals surface area contributed by atoms with Crippen molar-refractivity contribution in [1.29, 1.82) is 0 Å². The number of nitrogens with zero attached hydrogens (tertiary/aromatic N) is 2. The summed E-state index contributed by atoms with van der Waals surface area (Å²) in [4.78, 5) is 17.0. The summed E-state index contributed by atoms with van der Waals surface area (Å²) >= 11 is 5.97. The maximum atomic E-state index is 13.3. The van der Waals surface area contributed by atoms with Gasteiger partial charge in [-0.15, -0.1) is 0 Å². The van der Waals surface area contributed by atoms with Gasteiger partial charge in [-0.3, -0.25) is 15.2 Å². The van der Waals surface area contributed by atoms with E-state index in [9.17, 15) is 9.18 Å². The van der Waals surface area contributed by atoms with E-state index in [1.165, 1.54) is 17.1 Å². The summed E-state index contributed by atoms with van der Waals surface area (Å²) in [6, 6.07) is 16.4. The monoisotopic (exact) mass is 379 g/mol. The van der Waals surface area contributed by atoms with E-state index < -0.39 is 0 Å². The van der Waals surface area contributed by atoms with E-state index in [-0.39, 0.29) is 17.8 Å². The molecule has 1 aliphatic heterocycles. The van der Waals surface area contributed by atoms with E-state index in [1.807, 2.05) is 18.2 Å². The number of rotatable bonds is 3. The average molecular weight is 380 g/mol. The smallest absolute Gasteiger partial charge is 0.273 e. The van der Waals surface area contributed by atoms with Crippen molar-refractivity contribution in [2.45, 2.75) is 6.04 Å². The van der Waals surface area contributed by atoms with Gasteiger partial charge < -0.3 is 0 Å². The lowest BCUT2D eigenvalue weighted by molar-refractivity contribution is 0.0672. The number of aromatic nitrogens is 1. The molecule has 0 spiro atoms. The summed E-state index contributed by atoms with van der Waals surface area (Å²) in [7, 11) is 0. The van der Waals surface area contributed by atoms with Crippen LogP contribution in [0.1, 0.15) is 27.5 Å². The van der Waals surface area contributed by atoms with Crippen molar-refractivity contribution in [3.05, 3.63) is 107 Å². The first kappa shape index (κ1) is 17.2. The first-order valence-electron chi connectivity index (χ1n) is 8.35. The van der Waals surface area contributed by atoms with Crippen LogP contribution in [0.25, 0.3) is 5.70 Å². The van der Waals surface area contributed by atoms with Crippen molar-refractivity contribution in [3.63, 3.8) is 0 Å². The Balaban J connectivity index is 1.72. The largest absolute Gasteiger partial charge is 0.295 e. The van der Waals surface area contributed by atoms with Gasteiger partial charge in [0, 0.05) is 23.0 Å². The first-order valence-corrected chi connectivity index (χ1v) is 8.73. The van der Waals surface area contributed by atoms with Gasteiger partial charge in [-0.25, -0.2) is 9.40 Å². The molecule has 6 heteroatoms. The molecule has 4 nitrogen and oxygen atoms in total. The zero-order chi connectivity index (χ0) is 18.8. The third kappa shape index (κ3) is 3.55. The lowest BCUT2D eigenvalue weighted by Gasteiger charge is -2.25. The number of hydrogen-bond acceptors (Lipinski definition) is 3. The first-order chi connectivity index (χ1) is 13.1. The number of amides is 1. The van der Waals surface area contributed by atoms with Gasteiger partial charge in [0.2, 0.25) is 0 Å². The van der Waals surface area contributed by atoms with Crippen molar-refractivity contribution in [2.75, 3.05) is 0 Å². The molecule has 2 heterocycles. The molecular weight excluding hydrogens is 365 g/mol. The minimum Gasteiger partial charge on any atom is -0.295 e. The molecule has 27 heavy (non-hydrogen) atoms. The maximum absolute atomic E-state index is 13.3. The van der Waals surface area contributed by atoms with Gasteiger partial charge in [0.05, 0.1) is 11.7 Å². The maximum Gasteiger partial charge on any atom is 0.273 e. The van der Waals surface area contributed by atoms with Crippen LogP contribution < -0.4 is 5.43 Å². The standard InChI is InChI=1S/C21H15ClFN3O/c22-17-5-1-14(2-6-17)19-13-20(15-3-7-18(23)8-4-15)26(25-19)21(27)16-9-11-24-12-10-16/h1-13,20,25H. The Kier molecular flexibility index (Phi) is 4.60. The van der Waals surface area contributed by atoms with Crippen LogP contribution in [-0.2, 0) is 0 Å². The number of halogens is 2. The third-order valence-electron chi connectivity index (χ3n) is 4.36. The summed E-state index contributed by atoms with van der Waals surface area (Å²) in [6.07, 6.45) is 5.09. The van der Waals surface area contributed by atoms with Gasteiger partial charge in [-0.2, -0.15) is 0 Å². The molecule has 0 bridgehead atoms. The van der Waals surface area contributed by atoms with Crippen molar-refractivity contribution in [3.8, 4) is 0 Å². The van der Waals surface area contributed by atoms with Crippen LogP contribution in [0.5, 0.6) is 0 Å². The SMILES string of the molecule is O=C(c1ccncc1)N1NC(c2ccc(Cl)cc2)=CC1c1ccc(F)cc1. The van der Waals surface area contributed by atoms with Gasteiger partial charge in [-0.1, -0.05) is 35.9 Å². The van der Waals surface area contributed by atoms with E-state index in [1.54, 1.807) is 48.8 Å². The summed E-state index contributed by atoms with van der Waals surface area (Å²) in [5.41, 5.74) is 6.17. The van der Waals surface area contributed by atoms with Crippen LogP contribution >= 0.6 is 11.6 Å². The van der Waals surface area contributed by atoms with Crippen LogP contribution in [-0.4, -0.2) is 15.9 Å². The topological polar surface area (TPSA) is 45.2 Å². The number of benzene rings is 2. The van der Waals surface area contributed by atoms with Gasteiger partial charge in [0.1, 0.15) is 5.82 Å². The summed E-state index contributed by atoms with van der Waals surface area (Å²) in [6.45, 7) is 0. The van der Waals surface area contributed by atoms with Crippen molar-refractivity contribution in [1.82, 2.24) is 15.4 Å². The van der Waals surface area contributed by atoms with Crippen LogP contribution in [0.2, 0.25) is 5.02 Å². The minimum atomic E-state index is -0.378. The Morgan fingerprint density at radius 3 is 2.33 bits per heavy atom. The van der Waals surface area contributed by atoms with Gasteiger partial charge in [0.15, 0.2) is 0 Å². The molecule has 0 aliphatic carbocycles. The summed E-state index contributed by atoms with van der Waals surface area (Å²) in [5, 5.41) is 2.17. The molecule has 0 fully saturated rings. The third-order valence-corrected chi connectivity index (χ3v) is 4.61. The van der Waals surface area contributed by atoms with Gasteiger partial charge in [-0.05, 0) is 53.6 Å². The molecule has 1 amide bonds. The Labute approximate surface area is 160 Å². The van der Waals surface area contributed by atoms with Crippen molar-refractivity contribution >= 4 is 23.2 Å². The highest BCUT2D eigenvalue weighted by Crippen LogP contribution is 2.32. The van der Waals surface area contributed by atoms with Gasteiger partial charge >= 0.3 is 0 Å². The lowest BCUT2D eigenvalue weighted by Crippen LogP contribution is -2.39. The highest BCUT2D eigenvalue weighted by Gasteiger charge is 2.31. The lowest BCUT2D eigenvalue weighted by atomic mass is 10.0. The second-order valence-electron chi connectivity index (χ2n) is 6.11. The van der Waals surface area contributed by atoms with E-state index in [0.717, 1.165) is 16.8 Å². The number of hydrogen-bond donors (Lipinski definition) is 1. The Bertz CT molecular complexity index is 988. The fourth-order valence-electron chi connectivity index (χ4n) is 2.98. The van der Waals surface area contributed by atoms with Crippen LogP contribution in [0.15, 0.2) is 79.1 Å². The second kappa shape index (κ2) is 7.21. The molecule has 0 saturated heterocycles. The Hall–Kier alpha value is -3.18. The summed E-state index contributed by atoms with van der Waals surface area (Å²) < 4.78 is 13.3. The normalized spacial score (nSPS) is 16.0. The predicted molar refractivity (Wildman–Crippen MR) is 102 cm³/mol. The molecule has 4 rings (SSSR count). The quantitative estimate of drug-likeness (QED) is 0.722. The Morgan fingerprint density at radius 1 is 1.00 bits per heavy atom. The molecule has 1 aromatic heterocycles. The fourth-order valence-corrected chi connectivity index (χ4v) is 3.10. The van der Waals surface area contributed by atoms with Crippen LogP contribution in [0, 0.1) is 5.82 Å². The molecule has 0 radical (unpaired) electrons. The van der Waals surface area contributed by atoms with Gasteiger partial charge in [0.25, 0.3) is 5.91 Å². The highest BCUT2D eigenvalue weighted by atomic mass is 35.5. The number of pyridine rings is 1. The molecular formula is C21H15ClFN3O. The molecule has 1 atom stereocenters. The zero-order valence-corrected chi connectivity index (χ0v) is 14.9. The molecule has 1 aliphatic rings. The van der Waals surface area contributed by atoms with E-state index in [0.29, 0.717) is 10.6 Å². The van der Waals surface area contributed by atoms with Crippen LogP contribution in [0.3, 0.4) is 0 Å². The number of carbonyl (C=O) groups excluding carboxylic acids is 1. The molecule has 3 aromatic rings. The number of hydrazine groups is 1. The molecule has 1 N–H and O–H groups in total. The average Bonchev–Trinajstić information content (AvgIpc) is 3.14. The van der Waals surface area contributed by atoms with E-state index in [2.05, 4.69) is 10.4 Å². The van der Waals surface area contributed by atoms with E-state index >= 15 is 0 Å². The van der Waals surface area contributed by atoms with Crippen molar-refractivity contribution in [2.24, 2.45) is 0 Å². The van der Waals surface area contributed by atoms with Crippen molar-refractivity contribution < 1.29 is 9.18 Å². The number of carbonyl (C=O) groups is 1. The fraction of sp³-hybridized carbons (Fsp3) is 0.0476. The zero-order valence-electron chi connectivity index (χ0n) is 14.1. The summed E-state index contributed by atoms with van der Waals surface area (Å²) in [5.74, 6) is -0.523. The second-order valence-corrected chi connectivity index (χ2v) is 6.54.